The van der Waals surface area contributed by atoms with Gasteiger partial charge in [0, 0.05) is 15.7 Å². The summed E-state index contributed by atoms with van der Waals surface area (Å²) in [6.07, 6.45) is 6.58. The highest BCUT2D eigenvalue weighted by atomic mass is 32.2. The summed E-state index contributed by atoms with van der Waals surface area (Å²) in [6, 6.07) is 71.5. The molecule has 0 N–H and O–H groups in total. The third kappa shape index (κ3) is 7.01. The lowest BCUT2D eigenvalue weighted by Gasteiger charge is -2.30. The lowest BCUT2D eigenvalue weighted by Crippen LogP contribution is -2.29. The second-order valence-electron chi connectivity index (χ2n) is 14.8. The number of thioether (sulfide) groups is 1. The van der Waals surface area contributed by atoms with Crippen LogP contribution in [0.15, 0.2) is 223 Å². The molecule has 0 saturated heterocycles. The Balaban J connectivity index is 1.03. The molecule has 270 valence electrons. The number of carbonyl (C=O) groups is 1. The summed E-state index contributed by atoms with van der Waals surface area (Å²) in [4.78, 5) is 14.7. The predicted octanol–water partition coefficient (Wildman–Crippen LogP) is 14.6. The molecule has 2 unspecified atom stereocenters. The summed E-state index contributed by atoms with van der Waals surface area (Å²) in [7, 11) is 0. The van der Waals surface area contributed by atoms with Gasteiger partial charge in [-0.25, -0.2) is 0 Å². The zero-order valence-electron chi connectivity index (χ0n) is 31.3. The smallest absolute Gasteiger partial charge is 0.172 e. The van der Waals surface area contributed by atoms with Crippen molar-refractivity contribution in [2.24, 2.45) is 5.92 Å². The molecule has 10 rings (SSSR count). The molecule has 0 saturated carbocycles. The van der Waals surface area contributed by atoms with Gasteiger partial charge in [-0.05, 0) is 126 Å². The number of Topliss-reactive ketones (excluding diaryl/α,β-unsaturated/α-hetero) is 1. The Kier molecular flexibility index (Phi) is 9.18. The van der Waals surface area contributed by atoms with Gasteiger partial charge in [-0.2, -0.15) is 0 Å². The van der Waals surface area contributed by atoms with Gasteiger partial charge < -0.3 is 0 Å². The minimum atomic E-state index is -0.167. The first kappa shape index (κ1) is 34.7. The van der Waals surface area contributed by atoms with Crippen LogP contribution in [0.3, 0.4) is 0 Å². The largest absolute Gasteiger partial charge is 0.293 e. The molecule has 1 heterocycles. The standard InChI is InChI=1S/C55H38OS/c56-55-51-25-7-8-26-53(51)57-54-28-27-47(36-52(54)55)43-21-11-19-41(31-43)42-20-12-24-46(32-42)50-34-48(44-22-9-17-39(29-44)37-13-3-1-4-14-37)33-49(35-50)45-23-10-18-40(30-45)38-15-5-2-6-16-38/h1-36,52,54H. The predicted molar refractivity (Wildman–Crippen MR) is 240 cm³/mol. The number of ketones is 1. The molecule has 0 amide bonds. The van der Waals surface area contributed by atoms with Gasteiger partial charge in [0.25, 0.3) is 0 Å². The Morgan fingerprint density at radius 1 is 0.351 bits per heavy atom. The average molecular weight is 747 g/mol. The number of carbonyl (C=O) groups excluding carboxylic acids is 1. The summed E-state index contributed by atoms with van der Waals surface area (Å²) < 4.78 is 0. The van der Waals surface area contributed by atoms with Gasteiger partial charge >= 0.3 is 0 Å². The maximum Gasteiger partial charge on any atom is 0.172 e. The zero-order chi connectivity index (χ0) is 38.1. The number of hydrogen-bond acceptors (Lipinski definition) is 2. The van der Waals surface area contributed by atoms with Gasteiger partial charge in [-0.15, -0.1) is 11.8 Å². The summed E-state index contributed by atoms with van der Waals surface area (Å²) in [6.45, 7) is 0. The molecule has 2 aliphatic rings. The van der Waals surface area contributed by atoms with Crippen molar-refractivity contribution in [2.45, 2.75) is 10.1 Å². The molecule has 57 heavy (non-hydrogen) atoms. The van der Waals surface area contributed by atoms with Gasteiger partial charge in [-0.3, -0.25) is 4.79 Å². The van der Waals surface area contributed by atoms with Crippen LogP contribution >= 0.6 is 11.8 Å². The van der Waals surface area contributed by atoms with E-state index in [1.807, 2.05) is 18.2 Å². The molecule has 1 aliphatic carbocycles. The maximum atomic E-state index is 13.6. The van der Waals surface area contributed by atoms with E-state index in [1.54, 1.807) is 11.8 Å². The van der Waals surface area contributed by atoms with Crippen LogP contribution in [-0.4, -0.2) is 11.0 Å². The first-order valence-electron chi connectivity index (χ1n) is 19.5. The lowest BCUT2D eigenvalue weighted by molar-refractivity contribution is 0.0942. The van der Waals surface area contributed by atoms with Crippen molar-refractivity contribution in [1.82, 2.24) is 0 Å². The van der Waals surface area contributed by atoms with Crippen LogP contribution in [0, 0.1) is 5.92 Å². The van der Waals surface area contributed by atoms with Gasteiger partial charge in [-0.1, -0.05) is 170 Å². The van der Waals surface area contributed by atoms with Crippen molar-refractivity contribution in [1.29, 1.82) is 0 Å². The van der Waals surface area contributed by atoms with Crippen molar-refractivity contribution in [2.75, 3.05) is 0 Å². The molecule has 0 aromatic heterocycles. The van der Waals surface area contributed by atoms with E-state index >= 15 is 0 Å². The second-order valence-corrected chi connectivity index (χ2v) is 16.0. The van der Waals surface area contributed by atoms with Gasteiger partial charge in [0.05, 0.1) is 5.92 Å². The van der Waals surface area contributed by atoms with Crippen molar-refractivity contribution in [3.63, 3.8) is 0 Å². The minimum absolute atomic E-state index is 0.123. The number of hydrogen-bond donors (Lipinski definition) is 0. The fraction of sp³-hybridized carbons (Fsp3) is 0.0364. The highest BCUT2D eigenvalue weighted by Gasteiger charge is 2.35. The van der Waals surface area contributed by atoms with E-state index in [2.05, 4.69) is 200 Å². The highest BCUT2D eigenvalue weighted by Crippen LogP contribution is 2.44. The molecule has 8 aromatic carbocycles. The maximum absolute atomic E-state index is 13.6. The van der Waals surface area contributed by atoms with E-state index in [0.29, 0.717) is 0 Å². The van der Waals surface area contributed by atoms with Crippen molar-refractivity contribution >= 4 is 23.1 Å². The summed E-state index contributed by atoms with van der Waals surface area (Å²) in [5, 5.41) is 0.123. The topological polar surface area (TPSA) is 17.1 Å². The lowest BCUT2D eigenvalue weighted by atomic mass is 9.85. The summed E-state index contributed by atoms with van der Waals surface area (Å²) in [5.41, 5.74) is 17.1. The Hall–Kier alpha value is -6.74. The van der Waals surface area contributed by atoms with Crippen LogP contribution in [-0.2, 0) is 0 Å². The highest BCUT2D eigenvalue weighted by molar-refractivity contribution is 8.00. The number of benzene rings is 8. The molecule has 2 atom stereocenters. The SMILES string of the molecule is O=C1c2ccccc2SC2C=CC(c3cccc(-c4cccc(-c5cc(-c6cccc(-c7ccccc7)c6)cc(-c6cccc(-c7ccccc7)c6)c5)c4)c3)=CC12. The van der Waals surface area contributed by atoms with Gasteiger partial charge in [0.1, 0.15) is 0 Å². The molecule has 0 spiro atoms. The molecule has 8 aromatic rings. The third-order valence-corrected chi connectivity index (χ3v) is 12.5. The van der Waals surface area contributed by atoms with Gasteiger partial charge in [0.15, 0.2) is 5.78 Å². The van der Waals surface area contributed by atoms with E-state index in [9.17, 15) is 4.79 Å². The Labute approximate surface area is 338 Å². The van der Waals surface area contributed by atoms with Crippen LogP contribution in [0.5, 0.6) is 0 Å². The fourth-order valence-corrected chi connectivity index (χ4v) is 9.45. The van der Waals surface area contributed by atoms with Crippen LogP contribution in [0.4, 0.5) is 0 Å². The molecule has 2 heteroatoms. The molecule has 1 nitrogen and oxygen atoms in total. The van der Waals surface area contributed by atoms with Gasteiger partial charge in [0.2, 0.25) is 0 Å². The minimum Gasteiger partial charge on any atom is -0.293 e. The molecule has 0 radical (unpaired) electrons. The zero-order valence-corrected chi connectivity index (χ0v) is 32.1. The molecule has 1 aliphatic heterocycles. The molecular weight excluding hydrogens is 709 g/mol. The van der Waals surface area contributed by atoms with E-state index in [-0.39, 0.29) is 17.0 Å². The number of fused-ring (bicyclic) bond motifs is 2. The fourth-order valence-electron chi connectivity index (χ4n) is 8.19. The Bertz CT molecular complexity index is 2750. The third-order valence-electron chi connectivity index (χ3n) is 11.2. The Morgan fingerprint density at radius 3 is 1.23 bits per heavy atom. The molecule has 0 fully saturated rings. The van der Waals surface area contributed by atoms with Crippen LogP contribution in [0.1, 0.15) is 15.9 Å². The van der Waals surface area contributed by atoms with E-state index < -0.39 is 0 Å². The quantitative estimate of drug-likeness (QED) is 0.162. The normalized spacial score (nSPS) is 15.7. The van der Waals surface area contributed by atoms with Crippen molar-refractivity contribution < 1.29 is 4.79 Å². The monoisotopic (exact) mass is 746 g/mol. The molecule has 0 bridgehead atoms. The van der Waals surface area contributed by atoms with E-state index in [1.165, 1.54) is 44.5 Å². The van der Waals surface area contributed by atoms with Crippen LogP contribution < -0.4 is 0 Å². The van der Waals surface area contributed by atoms with Crippen molar-refractivity contribution in [3.05, 3.63) is 230 Å². The van der Waals surface area contributed by atoms with E-state index in [4.69, 9.17) is 0 Å². The summed E-state index contributed by atoms with van der Waals surface area (Å²) >= 11 is 1.79. The first-order valence-corrected chi connectivity index (χ1v) is 20.4. The van der Waals surface area contributed by atoms with E-state index in [0.717, 1.165) is 43.8 Å². The number of allylic oxidation sites excluding steroid dienone is 3. The second kappa shape index (κ2) is 15.1. The Morgan fingerprint density at radius 2 is 0.719 bits per heavy atom. The number of rotatable bonds is 7. The average Bonchev–Trinajstić information content (AvgIpc) is 3.29. The van der Waals surface area contributed by atoms with Crippen LogP contribution in [0.2, 0.25) is 0 Å². The first-order chi connectivity index (χ1) is 28.1. The summed E-state index contributed by atoms with van der Waals surface area (Å²) in [5.74, 6) is 0.0420. The van der Waals surface area contributed by atoms with Crippen LogP contribution in [0.25, 0.3) is 72.3 Å². The molecular formula is C55H38OS. The van der Waals surface area contributed by atoms with Crippen molar-refractivity contribution in [3.8, 4) is 66.8 Å².